The first kappa shape index (κ1) is 20.1. The zero-order valence-corrected chi connectivity index (χ0v) is 16.4. The van der Waals surface area contributed by atoms with Crippen LogP contribution < -0.4 is 10.6 Å². The lowest BCUT2D eigenvalue weighted by atomic mass is 10.1. The summed E-state index contributed by atoms with van der Waals surface area (Å²) in [6.45, 7) is 12.0. The molecule has 0 fully saturated rings. The lowest BCUT2D eigenvalue weighted by molar-refractivity contribution is -0.114. The van der Waals surface area contributed by atoms with Gasteiger partial charge in [0.05, 0.1) is 0 Å². The number of hydrogen-bond acceptors (Lipinski definition) is 3. The van der Waals surface area contributed by atoms with Gasteiger partial charge in [0.1, 0.15) is 0 Å². The van der Waals surface area contributed by atoms with Crippen LogP contribution in [0.15, 0.2) is 48.5 Å². The average Bonchev–Trinajstić information content (AvgIpc) is 2.64. The van der Waals surface area contributed by atoms with Crippen LogP contribution in [0.1, 0.15) is 50.4 Å². The molecule has 0 spiro atoms. The van der Waals surface area contributed by atoms with Crippen LogP contribution in [0, 0.1) is 0 Å². The minimum atomic E-state index is -0.0486. The third-order valence-corrected chi connectivity index (χ3v) is 4.64. The van der Waals surface area contributed by atoms with Crippen LogP contribution in [0.4, 0.5) is 5.69 Å². The third-order valence-electron chi connectivity index (χ3n) is 4.64. The van der Waals surface area contributed by atoms with E-state index in [1.165, 1.54) is 18.1 Å². The molecule has 1 atom stereocenters. The summed E-state index contributed by atoms with van der Waals surface area (Å²) < 4.78 is 0. The molecular formula is C22H31N3O. The highest BCUT2D eigenvalue weighted by Crippen LogP contribution is 2.18. The summed E-state index contributed by atoms with van der Waals surface area (Å²) >= 11 is 0. The van der Waals surface area contributed by atoms with E-state index in [2.05, 4.69) is 66.6 Å². The van der Waals surface area contributed by atoms with Crippen molar-refractivity contribution in [2.24, 2.45) is 0 Å². The van der Waals surface area contributed by atoms with E-state index < -0.39 is 0 Å². The number of carbonyl (C=O) groups is 1. The maximum Gasteiger partial charge on any atom is 0.221 e. The van der Waals surface area contributed by atoms with Gasteiger partial charge in [-0.15, -0.1) is 0 Å². The molecule has 0 heterocycles. The molecule has 0 saturated carbocycles. The molecular weight excluding hydrogens is 322 g/mol. The Morgan fingerprint density at radius 3 is 2.31 bits per heavy atom. The fourth-order valence-corrected chi connectivity index (χ4v) is 2.95. The zero-order chi connectivity index (χ0) is 18.9. The Morgan fingerprint density at radius 2 is 1.69 bits per heavy atom. The van der Waals surface area contributed by atoms with E-state index in [-0.39, 0.29) is 11.9 Å². The zero-order valence-electron chi connectivity index (χ0n) is 16.4. The van der Waals surface area contributed by atoms with Crippen molar-refractivity contribution in [1.29, 1.82) is 0 Å². The Kier molecular flexibility index (Phi) is 7.82. The van der Waals surface area contributed by atoms with Gasteiger partial charge in [-0.25, -0.2) is 0 Å². The first-order valence-corrected chi connectivity index (χ1v) is 9.43. The molecule has 2 N–H and O–H groups in total. The minimum absolute atomic E-state index is 0.0486. The van der Waals surface area contributed by atoms with E-state index in [0.717, 1.165) is 37.4 Å². The average molecular weight is 354 g/mol. The van der Waals surface area contributed by atoms with Crippen LogP contribution in [0.25, 0.3) is 0 Å². The van der Waals surface area contributed by atoms with Gasteiger partial charge in [-0.05, 0) is 48.8 Å². The Labute approximate surface area is 157 Å². The highest BCUT2D eigenvalue weighted by atomic mass is 16.1. The predicted octanol–water partition coefficient (Wildman–Crippen LogP) is 4.34. The van der Waals surface area contributed by atoms with Crippen LogP contribution in [0.3, 0.4) is 0 Å². The summed E-state index contributed by atoms with van der Waals surface area (Å²) in [5, 5.41) is 6.39. The van der Waals surface area contributed by atoms with Crippen molar-refractivity contribution in [3.05, 3.63) is 65.2 Å². The van der Waals surface area contributed by atoms with Gasteiger partial charge >= 0.3 is 0 Å². The second-order valence-electron chi connectivity index (χ2n) is 6.69. The molecule has 2 aromatic rings. The number of rotatable bonds is 9. The fourth-order valence-electron chi connectivity index (χ4n) is 2.95. The van der Waals surface area contributed by atoms with Gasteiger partial charge in [0, 0.05) is 31.7 Å². The van der Waals surface area contributed by atoms with Crippen molar-refractivity contribution in [1.82, 2.24) is 10.2 Å². The standard InChI is InChI=1S/C22H31N3O/c1-5-25(6-2)16-20-12-10-19(11-13-20)15-23-17(3)21-8-7-9-22(14-21)24-18(4)26/h7-14,17,23H,5-6,15-16H2,1-4H3,(H,24,26). The summed E-state index contributed by atoms with van der Waals surface area (Å²) in [6, 6.07) is 17.0. The summed E-state index contributed by atoms with van der Waals surface area (Å²) in [7, 11) is 0. The molecule has 1 amide bonds. The highest BCUT2D eigenvalue weighted by molar-refractivity contribution is 5.88. The molecule has 0 bridgehead atoms. The number of anilines is 1. The van der Waals surface area contributed by atoms with Crippen LogP contribution in [0.2, 0.25) is 0 Å². The number of carbonyl (C=O) groups excluding carboxylic acids is 1. The summed E-state index contributed by atoms with van der Waals surface area (Å²) in [6.07, 6.45) is 0. The summed E-state index contributed by atoms with van der Waals surface area (Å²) in [5.41, 5.74) is 4.63. The molecule has 0 aliphatic rings. The Bertz CT molecular complexity index is 693. The summed E-state index contributed by atoms with van der Waals surface area (Å²) in [4.78, 5) is 13.6. The number of benzene rings is 2. The predicted molar refractivity (Wildman–Crippen MR) is 109 cm³/mol. The van der Waals surface area contributed by atoms with Crippen molar-refractivity contribution in [3.63, 3.8) is 0 Å². The normalized spacial score (nSPS) is 12.2. The minimum Gasteiger partial charge on any atom is -0.326 e. The Balaban J connectivity index is 1.90. The van der Waals surface area contributed by atoms with Crippen LogP contribution in [0.5, 0.6) is 0 Å². The van der Waals surface area contributed by atoms with Gasteiger partial charge in [-0.3, -0.25) is 9.69 Å². The second-order valence-corrected chi connectivity index (χ2v) is 6.69. The SMILES string of the molecule is CCN(CC)Cc1ccc(CNC(C)c2cccc(NC(C)=O)c2)cc1. The van der Waals surface area contributed by atoms with Gasteiger partial charge < -0.3 is 10.6 Å². The monoisotopic (exact) mass is 353 g/mol. The van der Waals surface area contributed by atoms with E-state index >= 15 is 0 Å². The fraction of sp³-hybridized carbons (Fsp3) is 0.409. The van der Waals surface area contributed by atoms with Crippen molar-refractivity contribution in [2.45, 2.75) is 46.8 Å². The van der Waals surface area contributed by atoms with Crippen LogP contribution in [-0.2, 0) is 17.9 Å². The van der Waals surface area contributed by atoms with Gasteiger partial charge in [0.2, 0.25) is 5.91 Å². The number of nitrogens with one attached hydrogen (secondary N) is 2. The maximum atomic E-state index is 11.2. The quantitative estimate of drug-likeness (QED) is 0.705. The third kappa shape index (κ3) is 6.28. The molecule has 4 nitrogen and oxygen atoms in total. The number of nitrogens with zero attached hydrogens (tertiary/aromatic N) is 1. The summed E-state index contributed by atoms with van der Waals surface area (Å²) in [5.74, 6) is -0.0486. The van der Waals surface area contributed by atoms with Crippen molar-refractivity contribution < 1.29 is 4.79 Å². The van der Waals surface area contributed by atoms with E-state index in [1.807, 2.05) is 18.2 Å². The molecule has 1 unspecified atom stereocenters. The van der Waals surface area contributed by atoms with Crippen molar-refractivity contribution in [3.8, 4) is 0 Å². The van der Waals surface area contributed by atoms with Crippen LogP contribution in [-0.4, -0.2) is 23.9 Å². The van der Waals surface area contributed by atoms with Crippen molar-refractivity contribution >= 4 is 11.6 Å². The molecule has 0 aliphatic carbocycles. The van der Waals surface area contributed by atoms with E-state index in [4.69, 9.17) is 0 Å². The van der Waals surface area contributed by atoms with Gasteiger partial charge in [0.15, 0.2) is 0 Å². The molecule has 4 heteroatoms. The highest BCUT2D eigenvalue weighted by Gasteiger charge is 2.07. The van der Waals surface area contributed by atoms with Gasteiger partial charge in [0.25, 0.3) is 0 Å². The maximum absolute atomic E-state index is 11.2. The number of hydrogen-bond donors (Lipinski definition) is 2. The molecule has 0 aromatic heterocycles. The van der Waals surface area contributed by atoms with E-state index in [1.54, 1.807) is 0 Å². The number of amides is 1. The Morgan fingerprint density at radius 1 is 1.04 bits per heavy atom. The van der Waals surface area contributed by atoms with Crippen molar-refractivity contribution in [2.75, 3.05) is 18.4 Å². The van der Waals surface area contributed by atoms with E-state index in [0.29, 0.717) is 0 Å². The first-order valence-electron chi connectivity index (χ1n) is 9.43. The van der Waals surface area contributed by atoms with Gasteiger partial charge in [-0.2, -0.15) is 0 Å². The largest absolute Gasteiger partial charge is 0.326 e. The molecule has 26 heavy (non-hydrogen) atoms. The molecule has 2 aromatic carbocycles. The lowest BCUT2D eigenvalue weighted by Crippen LogP contribution is -2.22. The smallest absolute Gasteiger partial charge is 0.221 e. The topological polar surface area (TPSA) is 44.4 Å². The van der Waals surface area contributed by atoms with Gasteiger partial charge in [-0.1, -0.05) is 50.2 Å². The molecule has 140 valence electrons. The molecule has 0 saturated heterocycles. The molecule has 0 aliphatic heterocycles. The Hall–Kier alpha value is -2.17. The van der Waals surface area contributed by atoms with E-state index in [9.17, 15) is 4.79 Å². The second kappa shape index (κ2) is 10.1. The molecule has 0 radical (unpaired) electrons. The first-order chi connectivity index (χ1) is 12.5. The van der Waals surface area contributed by atoms with Crippen LogP contribution >= 0.6 is 0 Å². The lowest BCUT2D eigenvalue weighted by Gasteiger charge is -2.18. The molecule has 2 rings (SSSR count).